The molecule has 0 bridgehead atoms. The lowest BCUT2D eigenvalue weighted by atomic mass is 9.92. The Morgan fingerprint density at radius 1 is 1.16 bits per heavy atom. The summed E-state index contributed by atoms with van der Waals surface area (Å²) in [6.07, 6.45) is 2.40. The predicted molar refractivity (Wildman–Crippen MR) is 128 cm³/mol. The number of ketones is 1. The normalized spacial score (nSPS) is 12.8. The number of aromatic hydroxyl groups is 1. The van der Waals surface area contributed by atoms with Crippen LogP contribution in [0.15, 0.2) is 54.6 Å². The van der Waals surface area contributed by atoms with Gasteiger partial charge in [-0.15, -0.1) is 0 Å². The number of carbonyl (C=O) groups is 3. The van der Waals surface area contributed by atoms with E-state index in [0.29, 0.717) is 29.7 Å². The number of hydrogen-bond donors (Lipinski definition) is 4. The number of halogens is 1. The standard InChI is InChI=1S/C23H25IN2O6/c1-14(5-3-4-6-21(29)26-31)22(19-13-17(24)9-12-20(19)28)32-23(30)25-18-10-7-16(8-11-18)15(2)27/h4,6-14,22,28,31H,3,5H2,1-2H3,(H,25,30)(H,26,29)/b6-4+/t14-,22-/m1/s1. The number of hydroxylamine groups is 1. The van der Waals surface area contributed by atoms with E-state index >= 15 is 0 Å². The lowest BCUT2D eigenvalue weighted by Gasteiger charge is -2.25. The van der Waals surface area contributed by atoms with Gasteiger partial charge in [0.25, 0.3) is 5.91 Å². The second-order valence-electron chi connectivity index (χ2n) is 7.22. The molecule has 0 aliphatic heterocycles. The van der Waals surface area contributed by atoms with E-state index in [2.05, 4.69) is 27.9 Å². The molecule has 0 aliphatic carbocycles. The number of phenols is 1. The molecule has 2 atom stereocenters. The summed E-state index contributed by atoms with van der Waals surface area (Å²) in [6, 6.07) is 11.5. The second-order valence-corrected chi connectivity index (χ2v) is 8.47. The van der Waals surface area contributed by atoms with E-state index in [1.165, 1.54) is 18.5 Å². The maximum Gasteiger partial charge on any atom is 0.412 e. The van der Waals surface area contributed by atoms with E-state index in [4.69, 9.17) is 9.94 Å². The molecule has 0 radical (unpaired) electrons. The number of amides is 2. The van der Waals surface area contributed by atoms with Gasteiger partial charge < -0.3 is 9.84 Å². The van der Waals surface area contributed by atoms with Crippen molar-refractivity contribution >= 4 is 46.1 Å². The van der Waals surface area contributed by atoms with Crippen LogP contribution in [0.25, 0.3) is 0 Å². The van der Waals surface area contributed by atoms with E-state index < -0.39 is 18.1 Å². The first-order chi connectivity index (χ1) is 15.2. The average Bonchev–Trinajstić information content (AvgIpc) is 2.76. The van der Waals surface area contributed by atoms with Crippen molar-refractivity contribution in [1.29, 1.82) is 0 Å². The van der Waals surface area contributed by atoms with Crippen LogP contribution in [0.3, 0.4) is 0 Å². The maximum atomic E-state index is 12.6. The Balaban J connectivity index is 2.15. The fraction of sp³-hybridized carbons (Fsp3) is 0.261. The van der Waals surface area contributed by atoms with Gasteiger partial charge in [0, 0.05) is 26.5 Å². The van der Waals surface area contributed by atoms with Gasteiger partial charge in [-0.3, -0.25) is 20.1 Å². The summed E-state index contributed by atoms with van der Waals surface area (Å²) < 4.78 is 6.56. The minimum atomic E-state index is -0.749. The molecule has 8 nitrogen and oxygen atoms in total. The Hall–Kier alpha value is -2.92. The van der Waals surface area contributed by atoms with Crippen LogP contribution >= 0.6 is 22.6 Å². The molecule has 2 amide bonds. The molecule has 2 aromatic rings. The lowest BCUT2D eigenvalue weighted by Crippen LogP contribution is -2.22. The van der Waals surface area contributed by atoms with Crippen molar-refractivity contribution in [2.75, 3.05) is 5.32 Å². The van der Waals surface area contributed by atoms with Crippen LogP contribution in [0, 0.1) is 9.49 Å². The number of hydrogen-bond acceptors (Lipinski definition) is 6. The topological polar surface area (TPSA) is 125 Å². The fourth-order valence-electron chi connectivity index (χ4n) is 3.03. The van der Waals surface area contributed by atoms with Crippen molar-refractivity contribution in [2.24, 2.45) is 5.92 Å². The van der Waals surface area contributed by atoms with Crippen LogP contribution in [0.5, 0.6) is 5.75 Å². The van der Waals surface area contributed by atoms with Gasteiger partial charge >= 0.3 is 6.09 Å². The van der Waals surface area contributed by atoms with Crippen LogP contribution in [0.4, 0.5) is 10.5 Å². The molecule has 0 spiro atoms. The first-order valence-electron chi connectivity index (χ1n) is 9.89. The largest absolute Gasteiger partial charge is 0.508 e. The Kier molecular flexibility index (Phi) is 9.66. The van der Waals surface area contributed by atoms with Crippen molar-refractivity contribution in [3.63, 3.8) is 0 Å². The SMILES string of the molecule is CC(=O)c1ccc(NC(=O)O[C@@H](c2cc(I)ccc2O)[C@H](C)CC/C=C/C(=O)NO)cc1. The first kappa shape index (κ1) is 25.3. The zero-order valence-corrected chi connectivity index (χ0v) is 19.8. The summed E-state index contributed by atoms with van der Waals surface area (Å²) in [5.74, 6) is -0.897. The molecule has 0 aliphatic rings. The van der Waals surface area contributed by atoms with Gasteiger partial charge in [-0.1, -0.05) is 13.0 Å². The van der Waals surface area contributed by atoms with E-state index in [-0.39, 0.29) is 17.5 Å². The molecular weight excluding hydrogens is 527 g/mol. The first-order valence-corrected chi connectivity index (χ1v) is 11.0. The number of allylic oxidation sites excluding steroid dienone is 1. The van der Waals surface area contributed by atoms with Crippen LogP contribution in [-0.2, 0) is 9.53 Å². The Morgan fingerprint density at radius 2 is 1.84 bits per heavy atom. The van der Waals surface area contributed by atoms with E-state index in [9.17, 15) is 19.5 Å². The van der Waals surface area contributed by atoms with Crippen molar-refractivity contribution in [1.82, 2.24) is 5.48 Å². The van der Waals surface area contributed by atoms with Gasteiger partial charge in [-0.05, 0) is 90.7 Å². The number of Topliss-reactive ketones (excluding diaryl/α,β-unsaturated/α-hetero) is 1. The number of benzene rings is 2. The van der Waals surface area contributed by atoms with Crippen LogP contribution in [-0.4, -0.2) is 28.1 Å². The smallest absolute Gasteiger partial charge is 0.412 e. The minimum Gasteiger partial charge on any atom is -0.508 e. The van der Waals surface area contributed by atoms with Crippen molar-refractivity contribution < 1.29 is 29.4 Å². The van der Waals surface area contributed by atoms with Crippen molar-refractivity contribution in [3.8, 4) is 5.75 Å². The number of nitrogens with one attached hydrogen (secondary N) is 2. The van der Waals surface area contributed by atoms with E-state index in [0.717, 1.165) is 3.57 Å². The second kappa shape index (κ2) is 12.2. The quantitative estimate of drug-likeness (QED) is 0.115. The Labute approximate surface area is 199 Å². The number of phenolic OH excluding ortho intramolecular Hbond substituents is 1. The molecule has 0 heterocycles. The van der Waals surface area contributed by atoms with Gasteiger partial charge in [0.15, 0.2) is 5.78 Å². The highest BCUT2D eigenvalue weighted by Crippen LogP contribution is 2.36. The summed E-state index contributed by atoms with van der Waals surface area (Å²) >= 11 is 2.11. The molecule has 2 aromatic carbocycles. The number of anilines is 1. The predicted octanol–water partition coefficient (Wildman–Crippen LogP) is 4.97. The molecule has 9 heteroatoms. The Morgan fingerprint density at radius 3 is 2.47 bits per heavy atom. The lowest BCUT2D eigenvalue weighted by molar-refractivity contribution is -0.124. The minimum absolute atomic E-state index is 0.0103. The van der Waals surface area contributed by atoms with E-state index in [1.54, 1.807) is 48.5 Å². The van der Waals surface area contributed by atoms with E-state index in [1.807, 2.05) is 6.92 Å². The van der Waals surface area contributed by atoms with Gasteiger partial charge in [-0.25, -0.2) is 10.3 Å². The highest BCUT2D eigenvalue weighted by Gasteiger charge is 2.26. The molecule has 0 aromatic heterocycles. The highest BCUT2D eigenvalue weighted by atomic mass is 127. The molecule has 0 unspecified atom stereocenters. The summed E-state index contributed by atoms with van der Waals surface area (Å²) in [7, 11) is 0. The Bertz CT molecular complexity index is 990. The van der Waals surface area contributed by atoms with Crippen molar-refractivity contribution in [2.45, 2.75) is 32.8 Å². The molecule has 0 saturated carbocycles. The maximum absolute atomic E-state index is 12.6. The summed E-state index contributed by atoms with van der Waals surface area (Å²) in [5, 5.41) is 21.5. The molecule has 32 heavy (non-hydrogen) atoms. The molecular formula is C23H25IN2O6. The van der Waals surface area contributed by atoms with Gasteiger partial charge in [-0.2, -0.15) is 0 Å². The highest BCUT2D eigenvalue weighted by molar-refractivity contribution is 14.1. The number of rotatable bonds is 9. The molecule has 2 rings (SSSR count). The van der Waals surface area contributed by atoms with Crippen LogP contribution < -0.4 is 10.8 Å². The summed E-state index contributed by atoms with van der Waals surface area (Å²) in [4.78, 5) is 35.1. The van der Waals surface area contributed by atoms with Gasteiger partial charge in [0.1, 0.15) is 11.9 Å². The van der Waals surface area contributed by atoms with Crippen molar-refractivity contribution in [3.05, 3.63) is 69.3 Å². The van der Waals surface area contributed by atoms with Crippen LogP contribution in [0.1, 0.15) is 48.7 Å². The summed E-state index contributed by atoms with van der Waals surface area (Å²) in [6.45, 7) is 3.33. The summed E-state index contributed by atoms with van der Waals surface area (Å²) in [5.41, 5.74) is 2.99. The third-order valence-corrected chi connectivity index (χ3v) is 5.42. The fourth-order valence-corrected chi connectivity index (χ4v) is 3.54. The number of ether oxygens (including phenoxy) is 1. The molecule has 0 saturated heterocycles. The monoisotopic (exact) mass is 552 g/mol. The number of carbonyl (C=O) groups excluding carboxylic acids is 3. The third kappa shape index (κ3) is 7.65. The molecule has 170 valence electrons. The zero-order valence-electron chi connectivity index (χ0n) is 17.7. The average molecular weight is 552 g/mol. The van der Waals surface area contributed by atoms with Crippen LogP contribution in [0.2, 0.25) is 0 Å². The third-order valence-electron chi connectivity index (χ3n) is 4.75. The molecule has 4 N–H and O–H groups in total. The van der Waals surface area contributed by atoms with Gasteiger partial charge in [0.2, 0.25) is 0 Å². The van der Waals surface area contributed by atoms with Gasteiger partial charge in [0.05, 0.1) is 0 Å². The zero-order chi connectivity index (χ0) is 23.7. The molecule has 0 fully saturated rings.